The second kappa shape index (κ2) is 13.4. The number of guanidine groups is 1. The molecule has 0 saturated heterocycles. The van der Waals surface area contributed by atoms with Crippen LogP contribution in [0.5, 0.6) is 0 Å². The molecule has 4 aromatic rings. The number of carbonyl (C=O) groups excluding carboxylic acids is 1. The van der Waals surface area contributed by atoms with Gasteiger partial charge >= 0.3 is 0 Å². The van der Waals surface area contributed by atoms with Crippen LogP contribution in [0, 0.1) is 0 Å². The van der Waals surface area contributed by atoms with E-state index in [0.29, 0.717) is 6.07 Å². The fourth-order valence-corrected chi connectivity index (χ4v) is 7.40. The van der Waals surface area contributed by atoms with Crippen molar-refractivity contribution in [2.75, 3.05) is 18.9 Å². The summed E-state index contributed by atoms with van der Waals surface area (Å²) in [5.41, 5.74) is 8.88. The fraction of sp³-hybridized carbons (Fsp3) is 0.103. The summed E-state index contributed by atoms with van der Waals surface area (Å²) in [4.78, 5) is 13.0. The van der Waals surface area contributed by atoms with E-state index in [1.165, 1.54) is 23.9 Å². The maximum absolute atomic E-state index is 13.0. The molecule has 11 nitrogen and oxygen atoms in total. The molecule has 0 aromatic heterocycles. The molecule has 0 bridgehead atoms. The lowest BCUT2D eigenvalue weighted by Gasteiger charge is -2.33. The number of carbonyl (C=O) groups is 1. The third kappa shape index (κ3) is 7.41. The summed E-state index contributed by atoms with van der Waals surface area (Å²) < 4.78 is 51.8. The van der Waals surface area contributed by atoms with Crippen molar-refractivity contribution in [1.29, 1.82) is 0 Å². The van der Waals surface area contributed by atoms with Crippen LogP contribution in [-0.2, 0) is 29.6 Å². The lowest BCUT2D eigenvalue weighted by atomic mass is 9.84. The second-order valence-electron chi connectivity index (χ2n) is 9.59. The topological polar surface area (TPSA) is 191 Å². The molecule has 0 spiro atoms. The first kappa shape index (κ1) is 33.0. The van der Waals surface area contributed by atoms with Gasteiger partial charge in [0, 0.05) is 7.05 Å². The Morgan fingerprint density at radius 1 is 0.818 bits per heavy atom. The van der Waals surface area contributed by atoms with E-state index in [2.05, 4.69) is 9.71 Å². The van der Waals surface area contributed by atoms with Gasteiger partial charge in [-0.25, -0.2) is 27.1 Å². The van der Waals surface area contributed by atoms with Gasteiger partial charge in [-0.3, -0.25) is 4.79 Å². The maximum Gasteiger partial charge on any atom is 0.244 e. The highest BCUT2D eigenvalue weighted by Gasteiger charge is 2.38. The molecule has 0 radical (unpaired) electrons. The van der Waals surface area contributed by atoms with Gasteiger partial charge in [0.2, 0.25) is 31.9 Å². The van der Waals surface area contributed by atoms with Crippen molar-refractivity contribution in [1.82, 2.24) is 4.90 Å². The molecule has 0 atom stereocenters. The Morgan fingerprint density at radius 2 is 1.25 bits per heavy atom. The molecule has 0 aliphatic rings. The first-order valence-electron chi connectivity index (χ1n) is 12.8. The predicted molar refractivity (Wildman–Crippen MR) is 174 cm³/mol. The smallest absolute Gasteiger partial charge is 0.244 e. The summed E-state index contributed by atoms with van der Waals surface area (Å²) in [5, 5.41) is 12.4. The Balaban J connectivity index is 1.64. The average molecular weight is 673 g/mol. The molecular weight excluding hydrogens is 644 g/mol. The van der Waals surface area contributed by atoms with Gasteiger partial charge in [-0.15, -0.1) is 0 Å². The molecule has 230 valence electrons. The summed E-state index contributed by atoms with van der Waals surface area (Å²) in [6, 6.07) is 31.1. The molecule has 1 amide bonds. The van der Waals surface area contributed by atoms with E-state index >= 15 is 0 Å². The molecule has 4 aromatic carbocycles. The molecule has 0 unspecified atom stereocenters. The first-order valence-corrected chi connectivity index (χ1v) is 17.1. The van der Waals surface area contributed by atoms with Gasteiger partial charge < -0.3 is 16.0 Å². The van der Waals surface area contributed by atoms with Crippen molar-refractivity contribution in [2.24, 2.45) is 20.4 Å². The predicted octanol–water partition coefficient (Wildman–Crippen LogP) is 3.46. The molecule has 0 aliphatic carbocycles. The van der Waals surface area contributed by atoms with Crippen LogP contribution in [0.3, 0.4) is 0 Å². The summed E-state index contributed by atoms with van der Waals surface area (Å²) in [6.07, 6.45) is 0. The van der Waals surface area contributed by atoms with Crippen LogP contribution in [0.4, 0.5) is 5.69 Å². The fourth-order valence-electron chi connectivity index (χ4n) is 4.43. The van der Waals surface area contributed by atoms with E-state index in [-0.39, 0.29) is 18.2 Å². The quantitative estimate of drug-likeness (QED) is 0.0852. The highest BCUT2D eigenvalue weighted by Crippen LogP contribution is 2.49. The van der Waals surface area contributed by atoms with Gasteiger partial charge in [0.15, 0.2) is 0 Å². The standard InChI is InChI=1S/C29H29ClN6O5S3/c1-36(19-27(37)34-24-17-23(30)25(43(32,38)39)18-26(24)44(33,40)41)28(31)35-42-29(20-11-5-2-6-12-20,21-13-7-3-8-14-21)22-15-9-4-10-16-22/h2-18H,19H2,1H3,(H2,31,35)(H,34,37)(H2,32,38,39)(H2,33,40,41). The van der Waals surface area contributed by atoms with Crippen LogP contribution < -0.4 is 21.3 Å². The van der Waals surface area contributed by atoms with E-state index in [0.717, 1.165) is 22.8 Å². The Bertz CT molecular complexity index is 1800. The molecule has 44 heavy (non-hydrogen) atoms. The molecule has 7 N–H and O–H groups in total. The number of nitrogens with zero attached hydrogens (tertiary/aromatic N) is 2. The van der Waals surface area contributed by atoms with Gasteiger partial charge in [0.05, 0.1) is 17.3 Å². The molecule has 0 aliphatic heterocycles. The number of nitrogens with two attached hydrogens (primary N) is 3. The normalized spacial score (nSPS) is 12.5. The van der Waals surface area contributed by atoms with Crippen LogP contribution in [-0.4, -0.2) is 47.2 Å². The minimum absolute atomic E-state index is 0.00611. The Labute approximate surface area is 265 Å². The number of primary sulfonamides is 2. The molecule has 4 rings (SSSR count). The number of benzene rings is 4. The van der Waals surface area contributed by atoms with Crippen LogP contribution in [0.2, 0.25) is 5.02 Å². The summed E-state index contributed by atoms with van der Waals surface area (Å²) >= 11 is 7.23. The SMILES string of the molecule is CN(CC(=O)Nc1cc(Cl)c(S(N)(=O)=O)cc1S(N)(=O)=O)/C(N)=N/SC(c1ccccc1)(c1ccccc1)c1ccccc1. The van der Waals surface area contributed by atoms with Crippen LogP contribution in [0.15, 0.2) is 117 Å². The monoisotopic (exact) mass is 672 g/mol. The lowest BCUT2D eigenvalue weighted by Crippen LogP contribution is -2.39. The van der Waals surface area contributed by atoms with E-state index in [1.807, 2.05) is 91.0 Å². The number of nitrogens with one attached hydrogen (secondary N) is 1. The number of halogens is 1. The van der Waals surface area contributed by atoms with Crippen molar-refractivity contribution in [3.05, 3.63) is 125 Å². The van der Waals surface area contributed by atoms with Gasteiger partial charge in [-0.05, 0) is 40.8 Å². The third-order valence-corrected chi connectivity index (χ3v) is 10.1. The minimum atomic E-state index is -4.49. The number of hydrogen-bond acceptors (Lipinski definition) is 7. The summed E-state index contributed by atoms with van der Waals surface area (Å²) in [5.74, 6) is -0.702. The Morgan fingerprint density at radius 3 is 1.66 bits per heavy atom. The molecule has 0 heterocycles. The van der Waals surface area contributed by atoms with Crippen LogP contribution >= 0.6 is 23.5 Å². The van der Waals surface area contributed by atoms with Crippen molar-refractivity contribution < 1.29 is 21.6 Å². The maximum atomic E-state index is 13.0. The van der Waals surface area contributed by atoms with E-state index < -0.39 is 45.5 Å². The van der Waals surface area contributed by atoms with E-state index in [9.17, 15) is 21.6 Å². The number of sulfonamides is 2. The van der Waals surface area contributed by atoms with Crippen molar-refractivity contribution in [2.45, 2.75) is 14.5 Å². The van der Waals surface area contributed by atoms with Gasteiger partial charge in [0.1, 0.15) is 14.5 Å². The van der Waals surface area contributed by atoms with E-state index in [1.54, 1.807) is 0 Å². The number of likely N-dealkylation sites (N-methyl/N-ethyl adjacent to an activating group) is 1. The first-order chi connectivity index (χ1) is 20.7. The Kier molecular flexibility index (Phi) is 10.0. The van der Waals surface area contributed by atoms with Gasteiger partial charge in [-0.2, -0.15) is 4.40 Å². The van der Waals surface area contributed by atoms with Crippen molar-refractivity contribution in [3.8, 4) is 0 Å². The number of rotatable bonds is 10. The number of anilines is 1. The molecule has 15 heteroatoms. The minimum Gasteiger partial charge on any atom is -0.369 e. The summed E-state index contributed by atoms with van der Waals surface area (Å²) in [7, 11) is -7.33. The average Bonchev–Trinajstić information content (AvgIpc) is 2.97. The van der Waals surface area contributed by atoms with Crippen LogP contribution in [0.25, 0.3) is 0 Å². The summed E-state index contributed by atoms with van der Waals surface area (Å²) in [6.45, 7) is -0.358. The lowest BCUT2D eigenvalue weighted by molar-refractivity contribution is -0.116. The second-order valence-corrected chi connectivity index (χ2v) is 14.0. The van der Waals surface area contributed by atoms with Crippen molar-refractivity contribution in [3.63, 3.8) is 0 Å². The highest BCUT2D eigenvalue weighted by atomic mass is 35.5. The zero-order valence-corrected chi connectivity index (χ0v) is 26.5. The van der Waals surface area contributed by atoms with Crippen LogP contribution in [0.1, 0.15) is 16.7 Å². The third-order valence-electron chi connectivity index (χ3n) is 6.51. The zero-order valence-electron chi connectivity index (χ0n) is 23.3. The molecule has 0 fully saturated rings. The molecule has 0 saturated carbocycles. The molecular formula is C29H29ClN6O5S3. The Hall–Kier alpha value is -3.92. The zero-order chi connectivity index (χ0) is 32.1. The number of amides is 1. The van der Waals surface area contributed by atoms with Gasteiger partial charge in [0.25, 0.3) is 0 Å². The highest BCUT2D eigenvalue weighted by molar-refractivity contribution is 7.99. The number of hydrogen-bond donors (Lipinski definition) is 4. The van der Waals surface area contributed by atoms with Gasteiger partial charge in [-0.1, -0.05) is 103 Å². The van der Waals surface area contributed by atoms with E-state index in [4.69, 9.17) is 27.6 Å². The van der Waals surface area contributed by atoms with Crippen molar-refractivity contribution >= 4 is 61.1 Å². The largest absolute Gasteiger partial charge is 0.369 e.